The number of aliphatic carboxylic acids is 1. The number of hydrogen-bond donors (Lipinski definition) is 3. The number of hydrogen-bond acceptors (Lipinski definition) is 4. The smallest absolute Gasteiger partial charge is 0.326 e. The Kier molecular flexibility index (Phi) is 6.87. The van der Waals surface area contributed by atoms with Crippen LogP contribution in [0.1, 0.15) is 36.4 Å². The van der Waals surface area contributed by atoms with Gasteiger partial charge >= 0.3 is 5.97 Å². The summed E-state index contributed by atoms with van der Waals surface area (Å²) in [5.41, 5.74) is 0. The Morgan fingerprint density at radius 1 is 1.33 bits per heavy atom. The van der Waals surface area contributed by atoms with E-state index < -0.39 is 12.0 Å². The van der Waals surface area contributed by atoms with Gasteiger partial charge in [-0.1, -0.05) is 19.9 Å². The molecule has 1 aromatic rings. The van der Waals surface area contributed by atoms with Gasteiger partial charge in [0.15, 0.2) is 0 Å². The number of carboxylic acids is 1. The Morgan fingerprint density at radius 2 is 2.05 bits per heavy atom. The van der Waals surface area contributed by atoms with Crippen LogP contribution in [0.15, 0.2) is 17.5 Å². The van der Waals surface area contributed by atoms with Crippen molar-refractivity contribution in [1.29, 1.82) is 0 Å². The first kappa shape index (κ1) is 17.2. The van der Waals surface area contributed by atoms with Crippen LogP contribution in [0.25, 0.3) is 0 Å². The van der Waals surface area contributed by atoms with Crippen molar-refractivity contribution < 1.29 is 19.5 Å². The van der Waals surface area contributed by atoms with Crippen LogP contribution < -0.4 is 10.6 Å². The maximum atomic E-state index is 11.7. The molecule has 6 nitrogen and oxygen atoms in total. The maximum absolute atomic E-state index is 11.7. The highest BCUT2D eigenvalue weighted by atomic mass is 32.1. The summed E-state index contributed by atoms with van der Waals surface area (Å²) in [4.78, 5) is 34.9. The average Bonchev–Trinajstić information content (AvgIpc) is 2.91. The standard InChI is InChI=1S/C14H20N2O4S/c1-9(2)8-10(14(19)20)16-12(17)5-6-15-13(18)11-4-3-7-21-11/h3-4,7,9-10H,5-6,8H2,1-2H3,(H,15,18)(H,16,17)(H,19,20). The summed E-state index contributed by atoms with van der Waals surface area (Å²) in [6.07, 6.45) is 0.432. The van der Waals surface area contributed by atoms with Crippen molar-refractivity contribution >= 4 is 29.1 Å². The molecule has 2 amide bonds. The second-order valence-electron chi connectivity index (χ2n) is 5.07. The summed E-state index contributed by atoms with van der Waals surface area (Å²) in [6.45, 7) is 3.96. The molecule has 0 aliphatic heterocycles. The van der Waals surface area contributed by atoms with E-state index in [4.69, 9.17) is 5.11 Å². The Hall–Kier alpha value is -1.89. The molecule has 0 fully saturated rings. The van der Waals surface area contributed by atoms with Crippen LogP contribution in [0.5, 0.6) is 0 Å². The maximum Gasteiger partial charge on any atom is 0.326 e. The number of thiophene rings is 1. The molecule has 0 aliphatic carbocycles. The highest BCUT2D eigenvalue weighted by Crippen LogP contribution is 2.07. The van der Waals surface area contributed by atoms with Crippen molar-refractivity contribution in [3.8, 4) is 0 Å². The van der Waals surface area contributed by atoms with Crippen LogP contribution in [0.4, 0.5) is 0 Å². The summed E-state index contributed by atoms with van der Waals surface area (Å²) in [6, 6.07) is 2.59. The minimum atomic E-state index is -1.04. The summed E-state index contributed by atoms with van der Waals surface area (Å²) >= 11 is 1.32. The SMILES string of the molecule is CC(C)CC(NC(=O)CCNC(=O)c1cccs1)C(=O)O. The summed E-state index contributed by atoms with van der Waals surface area (Å²) in [5, 5.41) is 15.9. The van der Waals surface area contributed by atoms with E-state index in [0.717, 1.165) is 0 Å². The second-order valence-corrected chi connectivity index (χ2v) is 6.02. The molecule has 7 heteroatoms. The van der Waals surface area contributed by atoms with Gasteiger partial charge < -0.3 is 15.7 Å². The largest absolute Gasteiger partial charge is 0.480 e. The van der Waals surface area contributed by atoms with Crippen molar-refractivity contribution in [1.82, 2.24) is 10.6 Å². The van der Waals surface area contributed by atoms with Gasteiger partial charge in [-0.3, -0.25) is 9.59 Å². The van der Waals surface area contributed by atoms with Crippen LogP contribution in [-0.4, -0.2) is 35.5 Å². The number of carbonyl (C=O) groups excluding carboxylic acids is 2. The molecule has 0 aliphatic rings. The lowest BCUT2D eigenvalue weighted by atomic mass is 10.0. The fourth-order valence-corrected chi connectivity index (χ4v) is 2.38. The first-order chi connectivity index (χ1) is 9.90. The van der Waals surface area contributed by atoms with E-state index in [2.05, 4.69) is 10.6 Å². The molecule has 21 heavy (non-hydrogen) atoms. The average molecular weight is 312 g/mol. The summed E-state index contributed by atoms with van der Waals surface area (Å²) in [5.74, 6) is -1.48. The monoisotopic (exact) mass is 312 g/mol. The molecular weight excluding hydrogens is 292 g/mol. The van der Waals surface area contributed by atoms with E-state index in [9.17, 15) is 14.4 Å². The normalized spacial score (nSPS) is 12.0. The lowest BCUT2D eigenvalue weighted by Crippen LogP contribution is -2.42. The molecule has 1 rings (SSSR count). The third-order valence-corrected chi connectivity index (χ3v) is 3.59. The zero-order valence-electron chi connectivity index (χ0n) is 12.1. The molecule has 0 bridgehead atoms. The second kappa shape index (κ2) is 8.41. The van der Waals surface area contributed by atoms with Gasteiger partial charge in [-0.2, -0.15) is 0 Å². The number of rotatable bonds is 8. The number of nitrogens with one attached hydrogen (secondary N) is 2. The fourth-order valence-electron chi connectivity index (χ4n) is 1.74. The Labute approximate surface area is 127 Å². The third-order valence-electron chi connectivity index (χ3n) is 2.72. The van der Waals surface area contributed by atoms with Crippen molar-refractivity contribution in [3.63, 3.8) is 0 Å². The van der Waals surface area contributed by atoms with E-state index in [1.165, 1.54) is 11.3 Å². The minimum absolute atomic E-state index is 0.0546. The zero-order chi connectivity index (χ0) is 15.8. The predicted octanol–water partition coefficient (Wildman–Crippen LogP) is 1.48. The lowest BCUT2D eigenvalue weighted by Gasteiger charge is -2.16. The van der Waals surface area contributed by atoms with E-state index >= 15 is 0 Å². The molecule has 3 N–H and O–H groups in total. The number of amides is 2. The van der Waals surface area contributed by atoms with Gasteiger partial charge in [0, 0.05) is 13.0 Å². The molecule has 0 spiro atoms. The summed E-state index contributed by atoms with van der Waals surface area (Å²) in [7, 11) is 0. The fraction of sp³-hybridized carbons (Fsp3) is 0.500. The van der Waals surface area contributed by atoms with Gasteiger partial charge in [0.25, 0.3) is 5.91 Å². The molecule has 0 aromatic carbocycles. The van der Waals surface area contributed by atoms with Gasteiger partial charge in [-0.05, 0) is 23.8 Å². The van der Waals surface area contributed by atoms with Crippen LogP contribution >= 0.6 is 11.3 Å². The zero-order valence-corrected chi connectivity index (χ0v) is 12.9. The van der Waals surface area contributed by atoms with Crippen molar-refractivity contribution in [3.05, 3.63) is 22.4 Å². The molecule has 116 valence electrons. The Balaban J connectivity index is 2.32. The first-order valence-corrected chi connectivity index (χ1v) is 7.62. The Morgan fingerprint density at radius 3 is 2.57 bits per heavy atom. The van der Waals surface area contributed by atoms with Crippen molar-refractivity contribution in [2.75, 3.05) is 6.54 Å². The quantitative estimate of drug-likeness (QED) is 0.677. The predicted molar refractivity (Wildman–Crippen MR) is 80.3 cm³/mol. The highest BCUT2D eigenvalue weighted by molar-refractivity contribution is 7.12. The molecular formula is C14H20N2O4S. The number of carboxylic acid groups (broad SMARTS) is 1. The van der Waals surface area contributed by atoms with Gasteiger partial charge in [-0.15, -0.1) is 11.3 Å². The molecule has 1 aromatic heterocycles. The van der Waals surface area contributed by atoms with E-state index in [1.54, 1.807) is 17.5 Å². The molecule has 1 atom stereocenters. The van der Waals surface area contributed by atoms with Crippen LogP contribution in [0.2, 0.25) is 0 Å². The molecule has 1 heterocycles. The topological polar surface area (TPSA) is 95.5 Å². The minimum Gasteiger partial charge on any atom is -0.480 e. The van der Waals surface area contributed by atoms with Crippen molar-refractivity contribution in [2.24, 2.45) is 5.92 Å². The first-order valence-electron chi connectivity index (χ1n) is 6.74. The van der Waals surface area contributed by atoms with Crippen molar-refractivity contribution in [2.45, 2.75) is 32.7 Å². The van der Waals surface area contributed by atoms with E-state index in [1.807, 2.05) is 13.8 Å². The van der Waals surface area contributed by atoms with Crippen LogP contribution in [0.3, 0.4) is 0 Å². The van der Waals surface area contributed by atoms with Crippen LogP contribution in [-0.2, 0) is 9.59 Å². The summed E-state index contributed by atoms with van der Waals surface area (Å²) < 4.78 is 0. The van der Waals surface area contributed by atoms with Gasteiger partial charge in [0.1, 0.15) is 6.04 Å². The molecule has 0 saturated heterocycles. The third kappa shape index (κ3) is 6.40. The molecule has 0 saturated carbocycles. The van der Waals surface area contributed by atoms with Crippen LogP contribution in [0, 0.1) is 5.92 Å². The Bertz CT molecular complexity index is 485. The van der Waals surface area contributed by atoms with E-state index in [-0.39, 0.29) is 30.7 Å². The van der Waals surface area contributed by atoms with Gasteiger partial charge in [0.2, 0.25) is 5.91 Å². The highest BCUT2D eigenvalue weighted by Gasteiger charge is 2.20. The molecule has 1 unspecified atom stereocenters. The van der Waals surface area contributed by atoms with Gasteiger partial charge in [-0.25, -0.2) is 4.79 Å². The molecule has 0 radical (unpaired) electrons. The van der Waals surface area contributed by atoms with E-state index in [0.29, 0.717) is 11.3 Å². The van der Waals surface area contributed by atoms with Gasteiger partial charge in [0.05, 0.1) is 4.88 Å². The lowest BCUT2D eigenvalue weighted by molar-refractivity contribution is -0.142. The number of carbonyl (C=O) groups is 3.